The second-order valence-electron chi connectivity index (χ2n) is 7.61. The van der Waals surface area contributed by atoms with E-state index in [4.69, 9.17) is 4.74 Å². The molecular formula is C19H25N3O3S. The molecule has 0 amide bonds. The van der Waals surface area contributed by atoms with E-state index in [-0.39, 0.29) is 16.0 Å². The van der Waals surface area contributed by atoms with Crippen molar-refractivity contribution in [2.24, 2.45) is 5.92 Å². The number of hydrogen-bond acceptors (Lipinski definition) is 5. The highest BCUT2D eigenvalue weighted by atomic mass is 32.2. The second-order valence-corrected chi connectivity index (χ2v) is 9.36. The first-order chi connectivity index (χ1) is 12.5. The van der Waals surface area contributed by atoms with Gasteiger partial charge in [-0.2, -0.15) is 11.8 Å². The quantitative estimate of drug-likeness (QED) is 0.889. The van der Waals surface area contributed by atoms with Crippen LogP contribution >= 0.6 is 11.8 Å². The minimum atomic E-state index is -0.311. The monoisotopic (exact) mass is 375 g/mol. The highest BCUT2D eigenvalue weighted by molar-refractivity contribution is 8.00. The lowest BCUT2D eigenvalue weighted by atomic mass is 9.92. The summed E-state index contributed by atoms with van der Waals surface area (Å²) in [5, 5.41) is 0.581. The largest absolute Gasteiger partial charge is 0.378 e. The molecule has 2 aromatic rings. The van der Waals surface area contributed by atoms with Gasteiger partial charge in [-0.05, 0) is 36.3 Å². The first-order valence-electron chi connectivity index (χ1n) is 9.19. The molecule has 1 N–H and O–H groups in total. The van der Waals surface area contributed by atoms with Crippen molar-refractivity contribution in [3.8, 4) is 0 Å². The second kappa shape index (κ2) is 6.78. The number of fused-ring (bicyclic) bond motifs is 1. The highest BCUT2D eigenvalue weighted by Gasteiger charge is 2.36. The van der Waals surface area contributed by atoms with Gasteiger partial charge in [0, 0.05) is 30.1 Å². The van der Waals surface area contributed by atoms with Crippen LogP contribution in [0.25, 0.3) is 10.9 Å². The van der Waals surface area contributed by atoms with Crippen molar-refractivity contribution < 1.29 is 4.74 Å². The van der Waals surface area contributed by atoms with Crippen molar-refractivity contribution in [3.63, 3.8) is 0 Å². The number of thioether (sulfide) groups is 1. The minimum Gasteiger partial charge on any atom is -0.378 e. The van der Waals surface area contributed by atoms with Gasteiger partial charge in [0.2, 0.25) is 0 Å². The number of nitrogens with zero attached hydrogens (tertiary/aromatic N) is 2. The van der Waals surface area contributed by atoms with E-state index in [2.05, 4.69) is 23.7 Å². The summed E-state index contributed by atoms with van der Waals surface area (Å²) in [6, 6.07) is 5.71. The van der Waals surface area contributed by atoms with Gasteiger partial charge in [0.15, 0.2) is 0 Å². The van der Waals surface area contributed by atoms with Crippen LogP contribution in [0.2, 0.25) is 0 Å². The van der Waals surface area contributed by atoms with Crippen LogP contribution in [0.15, 0.2) is 27.8 Å². The lowest BCUT2D eigenvalue weighted by molar-refractivity contribution is 0.122. The predicted molar refractivity (Wildman–Crippen MR) is 107 cm³/mol. The van der Waals surface area contributed by atoms with E-state index in [0.29, 0.717) is 36.6 Å². The molecule has 0 bridgehead atoms. The fourth-order valence-electron chi connectivity index (χ4n) is 3.88. The third-order valence-electron chi connectivity index (χ3n) is 5.67. The molecule has 2 aliphatic heterocycles. The number of rotatable bonds is 3. The lowest BCUT2D eigenvalue weighted by Gasteiger charge is -2.29. The zero-order valence-electron chi connectivity index (χ0n) is 15.3. The van der Waals surface area contributed by atoms with E-state index < -0.39 is 0 Å². The average molecular weight is 375 g/mol. The molecule has 1 aromatic heterocycles. The molecule has 4 rings (SSSR count). The Morgan fingerprint density at radius 1 is 1.27 bits per heavy atom. The van der Waals surface area contributed by atoms with Crippen LogP contribution in [0.3, 0.4) is 0 Å². The standard InChI is InChI=1S/C19H25N3O3S/c1-19(2)13(5-10-26-19)12-22-17(23)15-11-14(21-6-8-25-9-7-21)3-4-16(15)20-18(22)24/h3-4,11,13H,5-10,12H2,1-2H3,(H,20,24). The van der Waals surface area contributed by atoms with Crippen LogP contribution in [0.4, 0.5) is 5.69 Å². The molecule has 0 spiro atoms. The SMILES string of the molecule is CC1(C)SCCC1Cn1c(=O)[nH]c2ccc(N3CCOCC3)cc2c1=O. The molecule has 2 saturated heterocycles. The molecule has 6 nitrogen and oxygen atoms in total. The summed E-state index contributed by atoms with van der Waals surface area (Å²) in [4.78, 5) is 30.7. The van der Waals surface area contributed by atoms with Crippen molar-refractivity contribution in [1.29, 1.82) is 0 Å². The summed E-state index contributed by atoms with van der Waals surface area (Å²) in [5.74, 6) is 1.41. The van der Waals surface area contributed by atoms with E-state index in [1.165, 1.54) is 4.57 Å². The lowest BCUT2D eigenvalue weighted by Crippen LogP contribution is -2.40. The van der Waals surface area contributed by atoms with Gasteiger partial charge in [0.1, 0.15) is 0 Å². The molecule has 0 saturated carbocycles. The molecule has 2 fully saturated rings. The average Bonchev–Trinajstić information content (AvgIpc) is 2.97. The zero-order valence-corrected chi connectivity index (χ0v) is 16.1. The zero-order chi connectivity index (χ0) is 18.3. The van der Waals surface area contributed by atoms with Gasteiger partial charge in [-0.1, -0.05) is 13.8 Å². The molecule has 26 heavy (non-hydrogen) atoms. The number of morpholine rings is 1. The Labute approximate surface area is 156 Å². The van der Waals surface area contributed by atoms with Crippen LogP contribution in [0.5, 0.6) is 0 Å². The number of aromatic amines is 1. The first kappa shape index (κ1) is 17.7. The fourth-order valence-corrected chi connectivity index (χ4v) is 5.24. The molecular weight excluding hydrogens is 350 g/mol. The molecule has 1 unspecified atom stereocenters. The van der Waals surface area contributed by atoms with E-state index in [9.17, 15) is 9.59 Å². The Morgan fingerprint density at radius 3 is 2.73 bits per heavy atom. The Hall–Kier alpha value is -1.73. The Morgan fingerprint density at radius 2 is 2.04 bits per heavy atom. The number of aromatic nitrogens is 2. The minimum absolute atomic E-state index is 0.0937. The van der Waals surface area contributed by atoms with Crippen molar-refractivity contribution in [2.75, 3.05) is 37.0 Å². The Kier molecular flexibility index (Phi) is 4.61. The molecule has 1 aromatic carbocycles. The molecule has 7 heteroatoms. The van der Waals surface area contributed by atoms with Gasteiger partial charge in [0.25, 0.3) is 5.56 Å². The molecule has 140 valence electrons. The highest BCUT2D eigenvalue weighted by Crippen LogP contribution is 2.42. The van der Waals surface area contributed by atoms with Crippen molar-refractivity contribution in [3.05, 3.63) is 39.0 Å². The van der Waals surface area contributed by atoms with Gasteiger partial charge in [-0.15, -0.1) is 0 Å². The third-order valence-corrected chi connectivity index (χ3v) is 7.19. The molecule has 0 radical (unpaired) electrons. The summed E-state index contributed by atoms with van der Waals surface area (Å²) in [7, 11) is 0. The van der Waals surface area contributed by atoms with Crippen LogP contribution in [-0.4, -0.2) is 46.4 Å². The molecule has 0 aliphatic carbocycles. The van der Waals surface area contributed by atoms with E-state index in [0.717, 1.165) is 31.0 Å². The van der Waals surface area contributed by atoms with Gasteiger partial charge in [0.05, 0.1) is 24.1 Å². The van der Waals surface area contributed by atoms with E-state index in [1.807, 2.05) is 30.0 Å². The maximum absolute atomic E-state index is 13.1. The number of anilines is 1. The van der Waals surface area contributed by atoms with Crippen molar-refractivity contribution in [1.82, 2.24) is 9.55 Å². The number of H-pyrrole nitrogens is 1. The smallest absolute Gasteiger partial charge is 0.328 e. The summed E-state index contributed by atoms with van der Waals surface area (Å²) in [6.45, 7) is 7.90. The maximum atomic E-state index is 13.1. The van der Waals surface area contributed by atoms with Crippen molar-refractivity contribution in [2.45, 2.75) is 31.6 Å². The predicted octanol–water partition coefficient (Wildman–Crippen LogP) is 2.06. The third kappa shape index (κ3) is 3.18. The van der Waals surface area contributed by atoms with Gasteiger partial charge in [-0.3, -0.25) is 9.36 Å². The number of nitrogens with one attached hydrogen (secondary N) is 1. The van der Waals surface area contributed by atoms with Crippen LogP contribution in [0, 0.1) is 5.92 Å². The normalized spacial score (nSPS) is 22.8. The number of benzene rings is 1. The topological polar surface area (TPSA) is 67.3 Å². The molecule has 3 heterocycles. The van der Waals surface area contributed by atoms with E-state index >= 15 is 0 Å². The van der Waals surface area contributed by atoms with Gasteiger partial charge in [-0.25, -0.2) is 4.79 Å². The van der Waals surface area contributed by atoms with Crippen LogP contribution in [0.1, 0.15) is 20.3 Å². The summed E-state index contributed by atoms with van der Waals surface area (Å²) in [5.41, 5.74) is 1.11. The Bertz CT molecular complexity index is 928. The van der Waals surface area contributed by atoms with Crippen LogP contribution in [-0.2, 0) is 11.3 Å². The van der Waals surface area contributed by atoms with E-state index in [1.54, 1.807) is 0 Å². The molecule has 2 aliphatic rings. The number of hydrogen-bond donors (Lipinski definition) is 1. The van der Waals surface area contributed by atoms with Gasteiger partial charge < -0.3 is 14.6 Å². The Balaban J connectivity index is 1.74. The number of ether oxygens (including phenoxy) is 1. The van der Waals surface area contributed by atoms with Gasteiger partial charge >= 0.3 is 5.69 Å². The molecule has 1 atom stereocenters. The fraction of sp³-hybridized carbons (Fsp3) is 0.579. The maximum Gasteiger partial charge on any atom is 0.328 e. The summed E-state index contributed by atoms with van der Waals surface area (Å²) >= 11 is 1.92. The van der Waals surface area contributed by atoms with Crippen molar-refractivity contribution >= 4 is 28.4 Å². The summed E-state index contributed by atoms with van der Waals surface area (Å²) < 4.78 is 6.89. The summed E-state index contributed by atoms with van der Waals surface area (Å²) in [6.07, 6.45) is 1.04. The first-order valence-corrected chi connectivity index (χ1v) is 10.2. The van der Waals surface area contributed by atoms with Crippen LogP contribution < -0.4 is 16.1 Å².